The van der Waals surface area contributed by atoms with Crippen molar-refractivity contribution < 1.29 is 9.26 Å². The van der Waals surface area contributed by atoms with Crippen LogP contribution in [0.4, 0.5) is 0 Å². The molecule has 2 aromatic rings. The van der Waals surface area contributed by atoms with E-state index in [0.29, 0.717) is 6.61 Å². The molecule has 2 rings (SSSR count). The Balaban J connectivity index is 1.98. The zero-order valence-corrected chi connectivity index (χ0v) is 10.9. The Morgan fingerprint density at radius 3 is 2.72 bits per heavy atom. The van der Waals surface area contributed by atoms with Crippen LogP contribution in [0.2, 0.25) is 0 Å². The smallest absolute Gasteiger partial charge is 0.140 e. The van der Waals surface area contributed by atoms with Gasteiger partial charge in [0.15, 0.2) is 0 Å². The maximum atomic E-state index is 5.66. The summed E-state index contributed by atoms with van der Waals surface area (Å²) < 4.78 is 10.7. The van der Waals surface area contributed by atoms with E-state index in [9.17, 15) is 0 Å². The monoisotopic (exact) mass is 247 g/mol. The largest absolute Gasteiger partial charge is 0.487 e. The van der Waals surface area contributed by atoms with E-state index in [1.54, 1.807) is 6.20 Å². The van der Waals surface area contributed by atoms with Crippen LogP contribution in [0.25, 0.3) is 0 Å². The Hall–Kier alpha value is -1.88. The van der Waals surface area contributed by atoms with E-state index < -0.39 is 0 Å². The first-order chi connectivity index (χ1) is 8.70. The van der Waals surface area contributed by atoms with Crippen molar-refractivity contribution in [1.29, 1.82) is 0 Å². The molecular weight excluding hydrogens is 230 g/mol. The summed E-state index contributed by atoms with van der Waals surface area (Å²) in [6.45, 7) is 4.99. The fourth-order valence-corrected chi connectivity index (χ4v) is 1.65. The van der Waals surface area contributed by atoms with E-state index in [2.05, 4.69) is 15.5 Å². The Morgan fingerprint density at radius 1 is 1.33 bits per heavy atom. The van der Waals surface area contributed by atoms with Gasteiger partial charge in [0.05, 0.1) is 23.1 Å². The number of pyridine rings is 1. The predicted octanol–water partition coefficient (Wildman–Crippen LogP) is 1.98. The van der Waals surface area contributed by atoms with E-state index >= 15 is 0 Å². The fraction of sp³-hybridized carbons (Fsp3) is 0.385. The second-order valence-electron chi connectivity index (χ2n) is 4.11. The molecule has 0 aliphatic carbocycles. The van der Waals surface area contributed by atoms with Crippen molar-refractivity contribution in [3.8, 4) is 5.75 Å². The lowest BCUT2D eigenvalue weighted by Crippen LogP contribution is -2.06. The molecule has 0 fully saturated rings. The third kappa shape index (κ3) is 2.87. The molecule has 0 aromatic carbocycles. The molecule has 0 aliphatic heterocycles. The van der Waals surface area contributed by atoms with Crippen LogP contribution in [0.1, 0.15) is 22.7 Å². The van der Waals surface area contributed by atoms with Crippen LogP contribution in [0.3, 0.4) is 0 Å². The van der Waals surface area contributed by atoms with E-state index in [1.807, 2.05) is 33.0 Å². The number of aromatic nitrogens is 2. The van der Waals surface area contributed by atoms with Crippen molar-refractivity contribution in [1.82, 2.24) is 15.5 Å². The summed E-state index contributed by atoms with van der Waals surface area (Å²) in [4.78, 5) is 4.29. The molecule has 18 heavy (non-hydrogen) atoms. The van der Waals surface area contributed by atoms with Crippen LogP contribution in [0.5, 0.6) is 5.75 Å². The maximum Gasteiger partial charge on any atom is 0.140 e. The summed E-state index contributed by atoms with van der Waals surface area (Å²) in [5, 5.41) is 6.94. The van der Waals surface area contributed by atoms with Crippen LogP contribution >= 0.6 is 0 Å². The lowest BCUT2D eigenvalue weighted by molar-refractivity contribution is 0.300. The van der Waals surface area contributed by atoms with Gasteiger partial charge >= 0.3 is 0 Å². The van der Waals surface area contributed by atoms with E-state index in [4.69, 9.17) is 9.26 Å². The van der Waals surface area contributed by atoms with Gasteiger partial charge < -0.3 is 14.6 Å². The lowest BCUT2D eigenvalue weighted by Gasteiger charge is -2.06. The number of ether oxygens (including phenoxy) is 1. The molecular formula is C13H17N3O2. The SMILES string of the molecule is CNCc1ccc(OCc2c(C)noc2C)cn1. The van der Waals surface area contributed by atoms with Crippen LogP contribution in [0.15, 0.2) is 22.9 Å². The first kappa shape index (κ1) is 12.6. The van der Waals surface area contributed by atoms with Gasteiger partial charge in [-0.15, -0.1) is 0 Å². The standard InChI is InChI=1S/C13H17N3O2/c1-9-13(10(2)18-16-9)8-17-12-5-4-11(6-14-3)15-7-12/h4-5,7,14H,6,8H2,1-3H3. The molecule has 96 valence electrons. The van der Waals surface area contributed by atoms with E-state index in [1.165, 1.54) is 0 Å². The number of rotatable bonds is 5. The summed E-state index contributed by atoms with van der Waals surface area (Å²) in [6, 6.07) is 3.86. The molecule has 2 heterocycles. The van der Waals surface area contributed by atoms with Crippen molar-refractivity contribution >= 4 is 0 Å². The number of nitrogens with zero attached hydrogens (tertiary/aromatic N) is 2. The van der Waals surface area contributed by atoms with Gasteiger partial charge in [-0.1, -0.05) is 5.16 Å². The highest BCUT2D eigenvalue weighted by molar-refractivity contribution is 5.23. The Morgan fingerprint density at radius 2 is 2.17 bits per heavy atom. The Kier molecular flexibility index (Phi) is 3.94. The molecule has 1 N–H and O–H groups in total. The van der Waals surface area contributed by atoms with Crippen LogP contribution < -0.4 is 10.1 Å². The van der Waals surface area contributed by atoms with Gasteiger partial charge in [-0.2, -0.15) is 0 Å². The second kappa shape index (κ2) is 5.64. The molecule has 0 saturated carbocycles. The molecule has 0 bridgehead atoms. The summed E-state index contributed by atoms with van der Waals surface area (Å²) in [7, 11) is 1.89. The molecule has 5 heteroatoms. The molecule has 0 unspecified atom stereocenters. The van der Waals surface area contributed by atoms with Gasteiger partial charge in [0.25, 0.3) is 0 Å². The molecule has 0 atom stereocenters. The van der Waals surface area contributed by atoms with Crippen LogP contribution in [0, 0.1) is 13.8 Å². The second-order valence-corrected chi connectivity index (χ2v) is 4.11. The van der Waals surface area contributed by atoms with Gasteiger partial charge in [0, 0.05) is 6.54 Å². The molecule has 0 aliphatic rings. The molecule has 2 aromatic heterocycles. The third-order valence-corrected chi connectivity index (χ3v) is 2.72. The van der Waals surface area contributed by atoms with Crippen LogP contribution in [-0.2, 0) is 13.2 Å². The first-order valence-electron chi connectivity index (χ1n) is 5.84. The molecule has 0 saturated heterocycles. The minimum atomic E-state index is 0.453. The highest BCUT2D eigenvalue weighted by Crippen LogP contribution is 2.16. The summed E-state index contributed by atoms with van der Waals surface area (Å²) in [6.07, 6.45) is 1.73. The predicted molar refractivity (Wildman–Crippen MR) is 67.3 cm³/mol. The van der Waals surface area contributed by atoms with Crippen molar-refractivity contribution in [2.75, 3.05) is 7.05 Å². The third-order valence-electron chi connectivity index (χ3n) is 2.72. The number of hydrogen-bond donors (Lipinski definition) is 1. The molecule has 0 amide bonds. The Labute approximate surface area is 106 Å². The highest BCUT2D eigenvalue weighted by Gasteiger charge is 2.09. The number of nitrogens with one attached hydrogen (secondary N) is 1. The minimum absolute atomic E-state index is 0.453. The fourth-order valence-electron chi connectivity index (χ4n) is 1.65. The lowest BCUT2D eigenvalue weighted by atomic mass is 10.2. The molecule has 0 radical (unpaired) electrons. The van der Waals surface area contributed by atoms with E-state index in [0.717, 1.165) is 35.0 Å². The van der Waals surface area contributed by atoms with E-state index in [-0.39, 0.29) is 0 Å². The quantitative estimate of drug-likeness (QED) is 0.875. The van der Waals surface area contributed by atoms with Gasteiger partial charge in [0.2, 0.25) is 0 Å². The minimum Gasteiger partial charge on any atom is -0.487 e. The Bertz CT molecular complexity index is 486. The zero-order chi connectivity index (χ0) is 13.0. The average molecular weight is 247 g/mol. The number of hydrogen-bond acceptors (Lipinski definition) is 5. The van der Waals surface area contributed by atoms with Crippen molar-refractivity contribution in [3.63, 3.8) is 0 Å². The summed E-state index contributed by atoms with van der Waals surface area (Å²) in [5.41, 5.74) is 2.85. The van der Waals surface area contributed by atoms with Crippen molar-refractivity contribution in [2.45, 2.75) is 27.0 Å². The van der Waals surface area contributed by atoms with Gasteiger partial charge in [-0.05, 0) is 33.0 Å². The van der Waals surface area contributed by atoms with Gasteiger partial charge in [-0.3, -0.25) is 4.98 Å². The van der Waals surface area contributed by atoms with Crippen molar-refractivity contribution in [3.05, 3.63) is 41.0 Å². The normalized spacial score (nSPS) is 10.6. The summed E-state index contributed by atoms with van der Waals surface area (Å²) in [5.74, 6) is 1.54. The molecule has 5 nitrogen and oxygen atoms in total. The molecule has 0 spiro atoms. The topological polar surface area (TPSA) is 60.2 Å². The van der Waals surface area contributed by atoms with Gasteiger partial charge in [-0.25, -0.2) is 0 Å². The maximum absolute atomic E-state index is 5.66. The van der Waals surface area contributed by atoms with Crippen LogP contribution in [-0.4, -0.2) is 17.2 Å². The highest BCUT2D eigenvalue weighted by atomic mass is 16.5. The van der Waals surface area contributed by atoms with Crippen molar-refractivity contribution in [2.24, 2.45) is 0 Å². The first-order valence-corrected chi connectivity index (χ1v) is 5.84. The zero-order valence-electron chi connectivity index (χ0n) is 10.9. The number of aryl methyl sites for hydroxylation is 2. The van der Waals surface area contributed by atoms with Gasteiger partial charge in [0.1, 0.15) is 18.1 Å². The summed E-state index contributed by atoms with van der Waals surface area (Å²) >= 11 is 0. The average Bonchev–Trinajstić information content (AvgIpc) is 2.69.